The van der Waals surface area contributed by atoms with Crippen molar-refractivity contribution in [3.63, 3.8) is 0 Å². The van der Waals surface area contributed by atoms with Gasteiger partial charge in [0.2, 0.25) is 0 Å². The predicted octanol–water partition coefficient (Wildman–Crippen LogP) is 4.59. The molecule has 0 saturated heterocycles. The third-order valence-corrected chi connectivity index (χ3v) is 3.54. The van der Waals surface area contributed by atoms with Crippen LogP contribution in [0, 0.1) is 0 Å². The minimum Gasteiger partial charge on any atom is -0.379 e. The van der Waals surface area contributed by atoms with Crippen LogP contribution in [0.4, 0.5) is 0 Å². The molecule has 0 aromatic carbocycles. The fraction of sp³-hybridized carbons (Fsp3) is 0.929. The molecule has 17 heavy (non-hydrogen) atoms. The lowest BCUT2D eigenvalue weighted by Gasteiger charge is -2.01. The van der Waals surface area contributed by atoms with Crippen LogP contribution < -0.4 is 5.73 Å². The van der Waals surface area contributed by atoms with Gasteiger partial charge >= 0.3 is 0 Å². The highest BCUT2D eigenvalue weighted by atomic mass is 32.2. The van der Waals surface area contributed by atoms with E-state index in [-0.39, 0.29) is 0 Å². The van der Waals surface area contributed by atoms with Gasteiger partial charge in [-0.05, 0) is 12.7 Å². The molecule has 2 nitrogen and oxygen atoms in total. The van der Waals surface area contributed by atoms with Crippen molar-refractivity contribution in [1.29, 1.82) is 0 Å². The maximum Gasteiger partial charge on any atom is 0.153 e. The van der Waals surface area contributed by atoms with Gasteiger partial charge in [-0.1, -0.05) is 76.5 Å². The molecule has 0 bridgehead atoms. The van der Waals surface area contributed by atoms with Gasteiger partial charge in [-0.15, -0.1) is 0 Å². The molecule has 102 valence electrons. The van der Waals surface area contributed by atoms with E-state index in [9.17, 15) is 0 Å². The summed E-state index contributed by atoms with van der Waals surface area (Å²) in [5.74, 6) is 0. The number of amidine groups is 1. The largest absolute Gasteiger partial charge is 0.379 e. The number of aliphatic imine (C=N–C) groups is 1. The normalized spacial score (nSPS) is 12.0. The Kier molecular flexibility index (Phi) is 13.7. The van der Waals surface area contributed by atoms with Crippen molar-refractivity contribution in [2.75, 3.05) is 12.8 Å². The molecular weight excluding hydrogens is 228 g/mol. The summed E-state index contributed by atoms with van der Waals surface area (Å²) in [5.41, 5.74) is 5.61. The zero-order valence-electron chi connectivity index (χ0n) is 11.7. The number of hydrogen-bond donors (Lipinski definition) is 1. The van der Waals surface area contributed by atoms with Crippen molar-refractivity contribution in [3.8, 4) is 0 Å². The van der Waals surface area contributed by atoms with Crippen LogP contribution in [-0.2, 0) is 0 Å². The topological polar surface area (TPSA) is 38.4 Å². The molecule has 0 amide bonds. The molecule has 3 heteroatoms. The molecule has 0 aliphatic rings. The van der Waals surface area contributed by atoms with E-state index in [1.54, 1.807) is 0 Å². The molecular formula is C14H30N2S. The molecule has 0 aromatic heterocycles. The van der Waals surface area contributed by atoms with Crippen molar-refractivity contribution in [2.45, 2.75) is 71.1 Å². The molecule has 0 radical (unpaired) electrons. The number of rotatable bonds is 11. The van der Waals surface area contributed by atoms with Crippen LogP contribution in [0.5, 0.6) is 0 Å². The Balaban J connectivity index is 3.04. The Morgan fingerprint density at radius 1 is 0.882 bits per heavy atom. The van der Waals surface area contributed by atoms with Crippen LogP contribution >= 0.6 is 11.8 Å². The van der Waals surface area contributed by atoms with Gasteiger partial charge in [0.15, 0.2) is 5.17 Å². The zero-order valence-corrected chi connectivity index (χ0v) is 12.5. The highest BCUT2D eigenvalue weighted by molar-refractivity contribution is 8.13. The first-order valence-corrected chi connectivity index (χ1v) is 8.37. The van der Waals surface area contributed by atoms with Crippen LogP contribution in [0.2, 0.25) is 0 Å². The lowest BCUT2D eigenvalue weighted by molar-refractivity contribution is 0.558. The zero-order chi connectivity index (χ0) is 12.8. The van der Waals surface area contributed by atoms with Gasteiger partial charge in [-0.2, -0.15) is 0 Å². The molecule has 0 aliphatic carbocycles. The standard InChI is InChI=1S/C14H30N2S/c1-3-4-5-6-7-8-9-10-11-12-13-16-14(15)17-2/h3-13H2,1-2H3,(H2,15,16). The third-order valence-electron chi connectivity index (χ3n) is 2.99. The summed E-state index contributed by atoms with van der Waals surface area (Å²) >= 11 is 1.53. The second-order valence-electron chi connectivity index (χ2n) is 4.61. The number of unbranched alkanes of at least 4 members (excludes halogenated alkanes) is 9. The van der Waals surface area contributed by atoms with Crippen molar-refractivity contribution in [1.82, 2.24) is 0 Å². The summed E-state index contributed by atoms with van der Waals surface area (Å²) in [5, 5.41) is 0.723. The number of thioether (sulfide) groups is 1. The predicted molar refractivity (Wildman–Crippen MR) is 81.8 cm³/mol. The molecule has 2 N–H and O–H groups in total. The van der Waals surface area contributed by atoms with Gasteiger partial charge in [-0.3, -0.25) is 4.99 Å². The summed E-state index contributed by atoms with van der Waals surface area (Å²) < 4.78 is 0. The summed E-state index contributed by atoms with van der Waals surface area (Å²) in [6.45, 7) is 3.18. The van der Waals surface area contributed by atoms with Gasteiger partial charge in [0, 0.05) is 6.54 Å². The molecule has 0 atom stereocenters. The average molecular weight is 258 g/mol. The highest BCUT2D eigenvalue weighted by Crippen LogP contribution is 2.10. The van der Waals surface area contributed by atoms with Crippen LogP contribution in [0.15, 0.2) is 4.99 Å². The van der Waals surface area contributed by atoms with E-state index in [1.807, 2.05) is 6.26 Å². The van der Waals surface area contributed by atoms with Crippen molar-refractivity contribution >= 4 is 16.9 Å². The second-order valence-corrected chi connectivity index (χ2v) is 5.43. The molecule has 0 aliphatic heterocycles. The van der Waals surface area contributed by atoms with Crippen LogP contribution in [0.3, 0.4) is 0 Å². The minimum absolute atomic E-state index is 0.723. The Morgan fingerprint density at radius 2 is 1.35 bits per heavy atom. The van der Waals surface area contributed by atoms with E-state index in [0.717, 1.165) is 11.7 Å². The number of hydrogen-bond acceptors (Lipinski definition) is 2. The van der Waals surface area contributed by atoms with Crippen molar-refractivity contribution < 1.29 is 0 Å². The SMILES string of the molecule is CCCCCCCCCCCCN=C(N)SC. The van der Waals surface area contributed by atoms with E-state index in [2.05, 4.69) is 11.9 Å². The Bertz CT molecular complexity index is 181. The quantitative estimate of drug-likeness (QED) is 0.334. The van der Waals surface area contributed by atoms with Crippen molar-refractivity contribution in [2.24, 2.45) is 10.7 Å². The summed E-state index contributed by atoms with van der Waals surface area (Å²) in [7, 11) is 0. The molecule has 0 aromatic rings. The Labute approximate surface area is 112 Å². The molecule has 0 heterocycles. The minimum atomic E-state index is 0.723. The molecule has 0 spiro atoms. The first-order chi connectivity index (χ1) is 8.31. The number of nitrogens with zero attached hydrogens (tertiary/aromatic N) is 1. The fourth-order valence-electron chi connectivity index (χ4n) is 1.85. The lowest BCUT2D eigenvalue weighted by Crippen LogP contribution is -2.06. The van der Waals surface area contributed by atoms with E-state index >= 15 is 0 Å². The second kappa shape index (κ2) is 13.9. The van der Waals surface area contributed by atoms with Crippen LogP contribution in [0.1, 0.15) is 71.1 Å². The van der Waals surface area contributed by atoms with Crippen LogP contribution in [0.25, 0.3) is 0 Å². The highest BCUT2D eigenvalue weighted by Gasteiger charge is 1.92. The first-order valence-electron chi connectivity index (χ1n) is 7.15. The van der Waals surface area contributed by atoms with E-state index < -0.39 is 0 Å². The number of nitrogens with two attached hydrogens (primary N) is 1. The van der Waals surface area contributed by atoms with Crippen LogP contribution in [-0.4, -0.2) is 18.0 Å². The first kappa shape index (κ1) is 16.8. The lowest BCUT2D eigenvalue weighted by atomic mass is 10.1. The average Bonchev–Trinajstić information content (AvgIpc) is 2.35. The van der Waals surface area contributed by atoms with E-state index in [4.69, 9.17) is 5.73 Å². The molecule has 0 unspecified atom stereocenters. The third kappa shape index (κ3) is 13.8. The fourth-order valence-corrected chi connectivity index (χ4v) is 2.07. The van der Waals surface area contributed by atoms with Gasteiger partial charge < -0.3 is 5.73 Å². The smallest absolute Gasteiger partial charge is 0.153 e. The summed E-state index contributed by atoms with van der Waals surface area (Å²) in [4.78, 5) is 4.27. The van der Waals surface area contributed by atoms with E-state index in [0.29, 0.717) is 0 Å². The molecule has 0 rings (SSSR count). The molecule has 0 fully saturated rings. The Morgan fingerprint density at radius 3 is 1.82 bits per heavy atom. The van der Waals surface area contributed by atoms with Gasteiger partial charge in [0.25, 0.3) is 0 Å². The monoisotopic (exact) mass is 258 g/mol. The van der Waals surface area contributed by atoms with Gasteiger partial charge in [-0.25, -0.2) is 0 Å². The molecule has 0 saturated carbocycles. The maximum atomic E-state index is 5.61. The summed E-state index contributed by atoms with van der Waals surface area (Å²) in [6, 6.07) is 0. The summed E-state index contributed by atoms with van der Waals surface area (Å²) in [6.07, 6.45) is 15.7. The van der Waals surface area contributed by atoms with Gasteiger partial charge in [0.1, 0.15) is 0 Å². The van der Waals surface area contributed by atoms with E-state index in [1.165, 1.54) is 76.0 Å². The maximum absolute atomic E-state index is 5.61. The van der Waals surface area contributed by atoms with Gasteiger partial charge in [0.05, 0.1) is 0 Å². The Hall–Kier alpha value is -0.180. The van der Waals surface area contributed by atoms with Crippen molar-refractivity contribution in [3.05, 3.63) is 0 Å².